The number of carbonyl (C=O) groups excluding carboxylic acids is 1. The third-order valence-electron chi connectivity index (χ3n) is 3.59. The van der Waals surface area contributed by atoms with Crippen LogP contribution in [0.5, 0.6) is 11.5 Å². The highest BCUT2D eigenvalue weighted by Gasteiger charge is 2.15. The Labute approximate surface area is 159 Å². The second kappa shape index (κ2) is 9.19. The molecule has 0 unspecified atom stereocenters. The van der Waals surface area contributed by atoms with E-state index < -0.39 is 10.8 Å². The second-order valence-corrected chi connectivity index (χ2v) is 6.30. The van der Waals surface area contributed by atoms with Crippen molar-refractivity contribution in [1.29, 1.82) is 0 Å². The number of nitro benzene ring substituents is 1. The van der Waals surface area contributed by atoms with Crippen molar-refractivity contribution in [2.75, 3.05) is 19.0 Å². The molecule has 0 spiro atoms. The average Bonchev–Trinajstić information content (AvgIpc) is 2.63. The molecule has 26 heavy (non-hydrogen) atoms. The highest BCUT2D eigenvalue weighted by atomic mass is 79.9. The molecule has 0 bridgehead atoms. The van der Waals surface area contributed by atoms with E-state index in [1.54, 1.807) is 18.2 Å². The Kier molecular flexibility index (Phi) is 6.97. The monoisotopic (exact) mass is 422 g/mol. The molecule has 0 saturated heterocycles. The molecule has 1 amide bonds. The van der Waals surface area contributed by atoms with Gasteiger partial charge in [0.25, 0.3) is 11.6 Å². The molecule has 0 heterocycles. The summed E-state index contributed by atoms with van der Waals surface area (Å²) in [6.07, 6.45) is 1.98. The molecule has 0 aliphatic heterocycles. The Bertz CT molecular complexity index is 810. The molecule has 0 aliphatic rings. The first-order valence-electron chi connectivity index (χ1n) is 8.02. The van der Waals surface area contributed by atoms with E-state index in [1.165, 1.54) is 25.3 Å². The summed E-state index contributed by atoms with van der Waals surface area (Å²) in [7, 11) is 1.43. The zero-order valence-corrected chi connectivity index (χ0v) is 16.0. The molecule has 1 N–H and O–H groups in total. The van der Waals surface area contributed by atoms with Crippen molar-refractivity contribution in [3.63, 3.8) is 0 Å². The zero-order valence-electron chi connectivity index (χ0n) is 14.5. The van der Waals surface area contributed by atoms with E-state index in [0.29, 0.717) is 28.1 Å². The predicted molar refractivity (Wildman–Crippen MR) is 102 cm³/mol. The van der Waals surface area contributed by atoms with Gasteiger partial charge in [0, 0.05) is 17.7 Å². The Morgan fingerprint density at radius 3 is 2.58 bits per heavy atom. The van der Waals surface area contributed by atoms with E-state index in [-0.39, 0.29) is 11.4 Å². The topological polar surface area (TPSA) is 90.7 Å². The summed E-state index contributed by atoms with van der Waals surface area (Å²) in [5.41, 5.74) is 0.473. The molecule has 0 fully saturated rings. The quantitative estimate of drug-likeness (QED) is 0.374. The van der Waals surface area contributed by atoms with Crippen LogP contribution in [-0.4, -0.2) is 24.5 Å². The van der Waals surface area contributed by atoms with Crippen LogP contribution in [0.2, 0.25) is 0 Å². The summed E-state index contributed by atoms with van der Waals surface area (Å²) in [5.74, 6) is 0.579. The number of nitro groups is 1. The standard InChI is InChI=1S/C18H19BrN2O5/c1-3-4-9-26-16-7-5-12(10-14(16)19)18(22)20-15-11-13(21(23)24)6-8-17(15)25-2/h5-8,10-11H,3-4,9H2,1-2H3,(H,20,22). The number of nitrogens with zero attached hydrogens (tertiary/aromatic N) is 1. The number of hydrogen-bond donors (Lipinski definition) is 1. The first-order valence-corrected chi connectivity index (χ1v) is 8.81. The van der Waals surface area contributed by atoms with Crippen LogP contribution < -0.4 is 14.8 Å². The zero-order chi connectivity index (χ0) is 19.1. The van der Waals surface area contributed by atoms with Gasteiger partial charge in [0.05, 0.1) is 28.8 Å². The largest absolute Gasteiger partial charge is 0.495 e. The molecule has 8 heteroatoms. The third kappa shape index (κ3) is 4.95. The number of nitrogens with one attached hydrogen (secondary N) is 1. The minimum atomic E-state index is -0.534. The van der Waals surface area contributed by atoms with Gasteiger partial charge in [-0.05, 0) is 46.6 Å². The van der Waals surface area contributed by atoms with Crippen LogP contribution in [0.4, 0.5) is 11.4 Å². The molecule has 2 rings (SSSR count). The lowest BCUT2D eigenvalue weighted by Gasteiger charge is -2.12. The van der Waals surface area contributed by atoms with Gasteiger partial charge in [0.15, 0.2) is 0 Å². The van der Waals surface area contributed by atoms with Gasteiger partial charge in [-0.1, -0.05) is 13.3 Å². The van der Waals surface area contributed by atoms with Crippen LogP contribution in [0.25, 0.3) is 0 Å². The fraction of sp³-hybridized carbons (Fsp3) is 0.278. The summed E-state index contributed by atoms with van der Waals surface area (Å²) in [6, 6.07) is 8.99. The number of halogens is 1. The number of unbranched alkanes of at least 4 members (excludes halogenated alkanes) is 1. The maximum absolute atomic E-state index is 12.5. The average molecular weight is 423 g/mol. The lowest BCUT2D eigenvalue weighted by atomic mass is 10.2. The molecule has 0 saturated carbocycles. The first-order chi connectivity index (χ1) is 12.5. The van der Waals surface area contributed by atoms with E-state index in [9.17, 15) is 14.9 Å². The SMILES string of the molecule is CCCCOc1ccc(C(=O)Nc2cc([N+](=O)[O-])ccc2OC)cc1Br. The van der Waals surface area contributed by atoms with Gasteiger partial charge >= 0.3 is 0 Å². The summed E-state index contributed by atoms with van der Waals surface area (Å²) >= 11 is 3.39. The van der Waals surface area contributed by atoms with Crippen LogP contribution in [0.1, 0.15) is 30.1 Å². The Hall–Kier alpha value is -2.61. The van der Waals surface area contributed by atoms with E-state index in [4.69, 9.17) is 9.47 Å². The van der Waals surface area contributed by atoms with Crippen molar-refractivity contribution in [1.82, 2.24) is 0 Å². The first kappa shape index (κ1) is 19.7. The van der Waals surface area contributed by atoms with Gasteiger partial charge in [-0.3, -0.25) is 14.9 Å². The predicted octanol–water partition coefficient (Wildman–Crippen LogP) is 4.80. The van der Waals surface area contributed by atoms with Gasteiger partial charge in [0.1, 0.15) is 11.5 Å². The number of rotatable bonds is 8. The van der Waals surface area contributed by atoms with Gasteiger partial charge in [-0.2, -0.15) is 0 Å². The van der Waals surface area contributed by atoms with Crippen LogP contribution >= 0.6 is 15.9 Å². The fourth-order valence-corrected chi connectivity index (χ4v) is 2.68. The van der Waals surface area contributed by atoms with E-state index in [2.05, 4.69) is 28.2 Å². The van der Waals surface area contributed by atoms with E-state index in [0.717, 1.165) is 12.8 Å². The van der Waals surface area contributed by atoms with E-state index in [1.807, 2.05) is 0 Å². The number of benzene rings is 2. The Morgan fingerprint density at radius 1 is 1.23 bits per heavy atom. The smallest absolute Gasteiger partial charge is 0.271 e. The van der Waals surface area contributed by atoms with Crippen LogP contribution in [0.3, 0.4) is 0 Å². The third-order valence-corrected chi connectivity index (χ3v) is 4.21. The highest BCUT2D eigenvalue weighted by molar-refractivity contribution is 9.10. The number of anilines is 1. The number of amides is 1. The molecule has 7 nitrogen and oxygen atoms in total. The van der Waals surface area contributed by atoms with Crippen LogP contribution in [0.15, 0.2) is 40.9 Å². The van der Waals surface area contributed by atoms with Gasteiger partial charge in [-0.25, -0.2) is 0 Å². The Morgan fingerprint density at radius 2 is 1.96 bits per heavy atom. The molecular formula is C18H19BrN2O5. The van der Waals surface area contributed by atoms with Gasteiger partial charge in [-0.15, -0.1) is 0 Å². The molecule has 138 valence electrons. The second-order valence-electron chi connectivity index (χ2n) is 5.44. The molecule has 0 radical (unpaired) electrons. The maximum atomic E-state index is 12.5. The minimum absolute atomic E-state index is 0.137. The van der Waals surface area contributed by atoms with Crippen molar-refractivity contribution in [2.24, 2.45) is 0 Å². The maximum Gasteiger partial charge on any atom is 0.271 e. The lowest BCUT2D eigenvalue weighted by molar-refractivity contribution is -0.384. The Balaban J connectivity index is 2.18. The molecule has 0 aliphatic carbocycles. The van der Waals surface area contributed by atoms with Crippen molar-refractivity contribution >= 4 is 33.2 Å². The van der Waals surface area contributed by atoms with Crippen molar-refractivity contribution in [3.8, 4) is 11.5 Å². The van der Waals surface area contributed by atoms with Crippen LogP contribution in [0, 0.1) is 10.1 Å². The summed E-state index contributed by atoms with van der Waals surface area (Å²) in [5, 5.41) is 13.6. The van der Waals surface area contributed by atoms with Crippen molar-refractivity contribution in [2.45, 2.75) is 19.8 Å². The molecule has 0 atom stereocenters. The van der Waals surface area contributed by atoms with Crippen molar-refractivity contribution < 1.29 is 19.2 Å². The number of methoxy groups -OCH3 is 1. The molecule has 2 aromatic carbocycles. The normalized spacial score (nSPS) is 10.3. The summed E-state index contributed by atoms with van der Waals surface area (Å²) in [6.45, 7) is 2.68. The fourth-order valence-electron chi connectivity index (χ4n) is 2.19. The van der Waals surface area contributed by atoms with Crippen molar-refractivity contribution in [3.05, 3.63) is 56.5 Å². The number of ether oxygens (including phenoxy) is 2. The summed E-state index contributed by atoms with van der Waals surface area (Å²) < 4.78 is 11.4. The van der Waals surface area contributed by atoms with E-state index >= 15 is 0 Å². The van der Waals surface area contributed by atoms with Crippen LogP contribution in [-0.2, 0) is 0 Å². The molecular weight excluding hydrogens is 404 g/mol. The summed E-state index contributed by atoms with van der Waals surface area (Å²) in [4.78, 5) is 22.9. The number of non-ortho nitro benzene ring substituents is 1. The lowest BCUT2D eigenvalue weighted by Crippen LogP contribution is -2.13. The molecule has 2 aromatic rings. The highest BCUT2D eigenvalue weighted by Crippen LogP contribution is 2.30. The minimum Gasteiger partial charge on any atom is -0.495 e. The molecule has 0 aromatic heterocycles. The van der Waals surface area contributed by atoms with Gasteiger partial charge in [0.2, 0.25) is 0 Å². The van der Waals surface area contributed by atoms with Gasteiger partial charge < -0.3 is 14.8 Å². The number of hydrogen-bond acceptors (Lipinski definition) is 5. The number of carbonyl (C=O) groups is 1.